The van der Waals surface area contributed by atoms with Gasteiger partial charge in [-0.1, -0.05) is 42.5 Å². The number of thiazole rings is 1. The van der Waals surface area contributed by atoms with Gasteiger partial charge in [-0.25, -0.2) is 4.98 Å². The van der Waals surface area contributed by atoms with Crippen molar-refractivity contribution < 1.29 is 24.5 Å². The Morgan fingerprint density at radius 3 is 2.69 bits per heavy atom. The fourth-order valence-corrected chi connectivity index (χ4v) is 4.17. The lowest BCUT2D eigenvalue weighted by Gasteiger charge is -2.24. The smallest absolute Gasteiger partial charge is 0.296 e. The number of phenolic OH excluding ortho intramolecular Hbond substituents is 1. The van der Waals surface area contributed by atoms with Gasteiger partial charge in [0.1, 0.15) is 0 Å². The minimum absolute atomic E-state index is 0.0641. The summed E-state index contributed by atoms with van der Waals surface area (Å²) < 4.78 is 5.47. The van der Waals surface area contributed by atoms with Crippen LogP contribution in [0.3, 0.4) is 0 Å². The summed E-state index contributed by atoms with van der Waals surface area (Å²) in [6.45, 7) is 2.10. The molecule has 0 saturated heterocycles. The highest BCUT2D eigenvalue weighted by molar-refractivity contribution is 7.13. The molecule has 162 valence electrons. The molecule has 2 N–H and O–H groups in total. The number of nitrogens with zero attached hydrogens (tertiary/aromatic N) is 2. The van der Waals surface area contributed by atoms with Crippen LogP contribution in [0.15, 0.2) is 77.5 Å². The standard InChI is InChI=1S/C24H20N2O5S/c1-2-31-19-14-16(9-11-17(19)27)21-20(18(28)10-8-15-6-4-3-5-7-15)22(29)23(30)26(21)24-25-12-13-32-24/h3-14,21,27,29H,2H2,1H3. The SMILES string of the molecule is CCOc1cc(C2C(C(=O)C=Cc3ccccc3)=C(O)C(=O)N2c2nccs2)ccc1O. The number of benzene rings is 2. The van der Waals surface area contributed by atoms with Crippen LogP contribution in [0.4, 0.5) is 5.13 Å². The van der Waals surface area contributed by atoms with Crippen molar-refractivity contribution in [2.45, 2.75) is 13.0 Å². The van der Waals surface area contributed by atoms with E-state index in [1.165, 1.54) is 28.4 Å². The third kappa shape index (κ3) is 4.00. The Hall–Kier alpha value is -3.91. The maximum Gasteiger partial charge on any atom is 0.296 e. The molecule has 0 saturated carbocycles. The van der Waals surface area contributed by atoms with Gasteiger partial charge in [-0.05, 0) is 36.3 Å². The first kappa shape index (κ1) is 21.3. The normalized spacial score (nSPS) is 16.2. The van der Waals surface area contributed by atoms with Crippen LogP contribution in [-0.4, -0.2) is 33.5 Å². The largest absolute Gasteiger partial charge is 0.504 e. The zero-order valence-electron chi connectivity index (χ0n) is 17.1. The van der Waals surface area contributed by atoms with Gasteiger partial charge in [-0.3, -0.25) is 14.5 Å². The number of aromatic hydroxyl groups is 1. The molecule has 1 aliphatic heterocycles. The van der Waals surface area contributed by atoms with Crippen LogP contribution in [-0.2, 0) is 9.59 Å². The molecular weight excluding hydrogens is 428 g/mol. The Kier molecular flexibility index (Phi) is 6.04. The van der Waals surface area contributed by atoms with Gasteiger partial charge in [-0.15, -0.1) is 11.3 Å². The fourth-order valence-electron chi connectivity index (χ4n) is 3.50. The van der Waals surface area contributed by atoms with Crippen molar-refractivity contribution in [3.05, 3.63) is 88.6 Å². The second-order valence-corrected chi connectivity index (χ2v) is 7.80. The fraction of sp³-hybridized carbons (Fsp3) is 0.125. The molecular formula is C24H20N2O5S. The van der Waals surface area contributed by atoms with Crippen LogP contribution in [0.2, 0.25) is 0 Å². The molecule has 1 atom stereocenters. The van der Waals surface area contributed by atoms with Crippen molar-refractivity contribution in [2.24, 2.45) is 0 Å². The number of aliphatic hydroxyl groups is 1. The summed E-state index contributed by atoms with van der Waals surface area (Å²) in [5, 5.41) is 22.8. The van der Waals surface area contributed by atoms with Crippen molar-refractivity contribution in [3.63, 3.8) is 0 Å². The topological polar surface area (TPSA) is 100.0 Å². The Balaban J connectivity index is 1.79. The molecule has 0 fully saturated rings. The van der Waals surface area contributed by atoms with Crippen molar-refractivity contribution in [2.75, 3.05) is 11.5 Å². The van der Waals surface area contributed by atoms with Crippen LogP contribution in [0, 0.1) is 0 Å². The minimum atomic E-state index is -0.929. The summed E-state index contributed by atoms with van der Waals surface area (Å²) in [5.41, 5.74) is 1.24. The molecule has 0 spiro atoms. The summed E-state index contributed by atoms with van der Waals surface area (Å²) in [6.07, 6.45) is 4.49. The Morgan fingerprint density at radius 1 is 1.22 bits per heavy atom. The van der Waals surface area contributed by atoms with Crippen molar-refractivity contribution in [3.8, 4) is 11.5 Å². The highest BCUT2D eigenvalue weighted by Gasteiger charge is 2.45. The van der Waals surface area contributed by atoms with Gasteiger partial charge in [0.25, 0.3) is 5.91 Å². The maximum atomic E-state index is 13.2. The molecule has 2 aromatic carbocycles. The first-order chi connectivity index (χ1) is 15.5. The molecule has 8 heteroatoms. The number of carbonyl (C=O) groups excluding carboxylic acids is 2. The summed E-state index contributed by atoms with van der Waals surface area (Å²) in [5.74, 6) is -1.69. The van der Waals surface area contributed by atoms with Crippen molar-refractivity contribution in [1.29, 1.82) is 0 Å². The summed E-state index contributed by atoms with van der Waals surface area (Å²) >= 11 is 1.21. The highest BCUT2D eigenvalue weighted by Crippen LogP contribution is 2.43. The van der Waals surface area contributed by atoms with E-state index < -0.39 is 23.5 Å². The molecule has 1 aromatic heterocycles. The van der Waals surface area contributed by atoms with Crippen molar-refractivity contribution in [1.82, 2.24) is 4.98 Å². The average Bonchev–Trinajstić information content (AvgIpc) is 3.41. The number of phenols is 1. The molecule has 2 heterocycles. The van der Waals surface area contributed by atoms with Gasteiger partial charge in [0.05, 0.1) is 18.2 Å². The van der Waals surface area contributed by atoms with Crippen LogP contribution < -0.4 is 9.64 Å². The molecule has 0 radical (unpaired) electrons. The number of rotatable bonds is 7. The van der Waals surface area contributed by atoms with E-state index in [1.54, 1.807) is 36.7 Å². The predicted octanol–water partition coefficient (Wildman–Crippen LogP) is 4.43. The van der Waals surface area contributed by atoms with E-state index in [-0.39, 0.29) is 17.1 Å². The lowest BCUT2D eigenvalue weighted by atomic mass is 9.95. The molecule has 3 aromatic rings. The third-order valence-corrected chi connectivity index (χ3v) is 5.70. The summed E-state index contributed by atoms with van der Waals surface area (Å²) in [4.78, 5) is 31.6. The van der Waals surface area contributed by atoms with Gasteiger partial charge in [0, 0.05) is 11.6 Å². The summed E-state index contributed by atoms with van der Waals surface area (Å²) in [7, 11) is 0. The number of aliphatic hydroxyl groups excluding tert-OH is 1. The number of hydrogen-bond donors (Lipinski definition) is 2. The predicted molar refractivity (Wildman–Crippen MR) is 122 cm³/mol. The van der Waals surface area contributed by atoms with Gasteiger partial charge < -0.3 is 14.9 Å². The van der Waals surface area contributed by atoms with Crippen molar-refractivity contribution >= 4 is 34.2 Å². The quantitative estimate of drug-likeness (QED) is 0.519. The maximum absolute atomic E-state index is 13.2. The molecule has 0 bridgehead atoms. The highest BCUT2D eigenvalue weighted by atomic mass is 32.1. The van der Waals surface area contributed by atoms with Crippen LogP contribution in [0.25, 0.3) is 6.08 Å². The second kappa shape index (κ2) is 9.07. The third-order valence-electron chi connectivity index (χ3n) is 4.93. The average molecular weight is 449 g/mol. The van der Waals surface area contributed by atoms with E-state index >= 15 is 0 Å². The first-order valence-corrected chi connectivity index (χ1v) is 10.8. The number of aromatic nitrogens is 1. The number of ether oxygens (including phenoxy) is 1. The second-order valence-electron chi connectivity index (χ2n) is 6.92. The molecule has 32 heavy (non-hydrogen) atoms. The summed E-state index contributed by atoms with van der Waals surface area (Å²) in [6, 6.07) is 12.9. The van der Waals surface area contributed by atoms with Crippen LogP contribution >= 0.6 is 11.3 Å². The Labute approximate surface area is 188 Å². The first-order valence-electron chi connectivity index (χ1n) is 9.90. The Bertz CT molecular complexity index is 1200. The molecule has 1 unspecified atom stereocenters. The van der Waals surface area contributed by atoms with Gasteiger partial charge in [-0.2, -0.15) is 0 Å². The number of amides is 1. The van der Waals surface area contributed by atoms with E-state index in [0.717, 1.165) is 5.56 Å². The van der Waals surface area contributed by atoms with Gasteiger partial charge >= 0.3 is 0 Å². The number of anilines is 1. The molecule has 4 rings (SSSR count). The van der Waals surface area contributed by atoms with E-state index in [4.69, 9.17) is 4.74 Å². The molecule has 1 amide bonds. The monoisotopic (exact) mass is 448 g/mol. The van der Waals surface area contributed by atoms with Crippen LogP contribution in [0.1, 0.15) is 24.1 Å². The van der Waals surface area contributed by atoms with Gasteiger partial charge in [0.2, 0.25) is 0 Å². The molecule has 0 aliphatic carbocycles. The zero-order valence-corrected chi connectivity index (χ0v) is 18.0. The lowest BCUT2D eigenvalue weighted by molar-refractivity contribution is -0.117. The molecule has 1 aliphatic rings. The van der Waals surface area contributed by atoms with Gasteiger partial charge in [0.15, 0.2) is 28.2 Å². The number of carbonyl (C=O) groups is 2. The number of allylic oxidation sites excluding steroid dienone is 1. The van der Waals surface area contributed by atoms with E-state index in [2.05, 4.69) is 4.98 Å². The van der Waals surface area contributed by atoms with E-state index in [0.29, 0.717) is 17.3 Å². The van der Waals surface area contributed by atoms with E-state index in [1.807, 2.05) is 30.3 Å². The number of ketones is 1. The lowest BCUT2D eigenvalue weighted by Crippen LogP contribution is -2.30. The van der Waals surface area contributed by atoms with E-state index in [9.17, 15) is 19.8 Å². The van der Waals surface area contributed by atoms with Crippen LogP contribution in [0.5, 0.6) is 11.5 Å². The molecule has 7 nitrogen and oxygen atoms in total. The zero-order chi connectivity index (χ0) is 22.7. The number of hydrogen-bond acceptors (Lipinski definition) is 7. The minimum Gasteiger partial charge on any atom is -0.504 e. The Morgan fingerprint density at radius 2 is 2.00 bits per heavy atom.